The molecule has 39 heavy (non-hydrogen) atoms. The summed E-state index contributed by atoms with van der Waals surface area (Å²) in [5, 5.41) is 46.7. The number of amides is 1. The molecular weight excluding hydrogens is 555 g/mol. The summed E-state index contributed by atoms with van der Waals surface area (Å²) in [5.41, 5.74) is 1.40. The average molecular weight is 587 g/mol. The van der Waals surface area contributed by atoms with Crippen molar-refractivity contribution in [3.8, 4) is 0 Å². The zero-order valence-electron chi connectivity index (χ0n) is 22.6. The van der Waals surface area contributed by atoms with Crippen LogP contribution in [0.25, 0.3) is 10.9 Å². The maximum absolute atomic E-state index is 13.0. The van der Waals surface area contributed by atoms with Crippen molar-refractivity contribution in [2.75, 3.05) is 0 Å². The smallest absolute Gasteiger partial charge is 0.766 e. The summed E-state index contributed by atoms with van der Waals surface area (Å²) >= 11 is 0. The number of aliphatic hydroxyl groups is 3. The number of aliphatic hydroxyl groups excluding tert-OH is 3. The fraction of sp³-hybridized carbons (Fsp3) is 0.565. The molecule has 3 rings (SSSR count). The molecule has 0 spiro atoms. The third kappa shape index (κ3) is 9.86. The number of aromatic nitrogens is 1. The van der Waals surface area contributed by atoms with Crippen LogP contribution in [0.3, 0.4) is 0 Å². The minimum atomic E-state index is -5.10. The number of carbonyl (C=O) groups excluding carboxylic acids is 2. The second-order valence-corrected chi connectivity index (χ2v) is 11.0. The standard InChI is InChI=1S/C23H34N3O10P.2Na/c1-11(2)8-16(26-37(33,34)36-23-20(29)19(28)18(27)12(3)35-23)21(30)25-17(22(31)32)9-13-10-24-15-7-5-4-6-14(13)15;;/h4-7,10-12,16-20,23-24,27-29H,8-9H2,1-3H3,(H,25,30)(H,31,32)(H2,26,33,34);;/q;2*+1/p-2. The van der Waals surface area contributed by atoms with Crippen molar-refractivity contribution in [2.45, 2.75) is 76.4 Å². The van der Waals surface area contributed by atoms with Crippen LogP contribution in [-0.2, 0) is 29.8 Å². The molecule has 2 heterocycles. The number of H-pyrrole nitrogens is 1. The van der Waals surface area contributed by atoms with E-state index in [0.29, 0.717) is 5.56 Å². The second-order valence-electron chi connectivity index (χ2n) is 9.54. The first-order valence-corrected chi connectivity index (χ1v) is 13.4. The van der Waals surface area contributed by atoms with E-state index in [2.05, 4.69) is 15.4 Å². The van der Waals surface area contributed by atoms with Gasteiger partial charge < -0.3 is 45.2 Å². The molecule has 8 atom stereocenters. The summed E-state index contributed by atoms with van der Waals surface area (Å²) < 4.78 is 22.7. The largest absolute Gasteiger partial charge is 1.00 e. The van der Waals surface area contributed by atoms with Gasteiger partial charge in [-0.15, -0.1) is 0 Å². The van der Waals surface area contributed by atoms with E-state index in [9.17, 15) is 39.5 Å². The number of hydrogen-bond acceptors (Lipinski definition) is 10. The molecule has 1 aliphatic rings. The van der Waals surface area contributed by atoms with Crippen molar-refractivity contribution in [2.24, 2.45) is 5.92 Å². The maximum atomic E-state index is 13.0. The molecule has 1 aromatic heterocycles. The van der Waals surface area contributed by atoms with Gasteiger partial charge in [0.15, 0.2) is 6.29 Å². The molecule has 1 saturated heterocycles. The van der Waals surface area contributed by atoms with Gasteiger partial charge in [-0.2, -0.15) is 0 Å². The minimum absolute atomic E-state index is 0. The van der Waals surface area contributed by atoms with Gasteiger partial charge in [0.2, 0.25) is 13.7 Å². The van der Waals surface area contributed by atoms with Crippen LogP contribution in [0.4, 0.5) is 0 Å². The molecule has 0 radical (unpaired) electrons. The summed E-state index contributed by atoms with van der Waals surface area (Å²) in [7, 11) is -5.10. The van der Waals surface area contributed by atoms with Crippen LogP contribution in [-0.4, -0.2) is 75.0 Å². The van der Waals surface area contributed by atoms with Crippen LogP contribution < -0.4 is 79.5 Å². The Kier molecular flexibility index (Phi) is 14.8. The van der Waals surface area contributed by atoms with Crippen LogP contribution in [0.15, 0.2) is 30.5 Å². The molecule has 1 amide bonds. The Labute approximate surface area is 270 Å². The number of nitrogens with one attached hydrogen (secondary N) is 3. The van der Waals surface area contributed by atoms with Crippen LogP contribution in [0, 0.1) is 5.92 Å². The van der Waals surface area contributed by atoms with E-state index in [4.69, 9.17) is 9.26 Å². The van der Waals surface area contributed by atoms with Crippen molar-refractivity contribution < 1.29 is 108 Å². The molecule has 0 saturated carbocycles. The van der Waals surface area contributed by atoms with Gasteiger partial charge in [-0.25, -0.2) is 5.09 Å². The number of ether oxygens (including phenoxy) is 1. The number of rotatable bonds is 11. The molecule has 8 unspecified atom stereocenters. The first kappa shape index (κ1) is 36.7. The molecule has 13 nitrogen and oxygen atoms in total. The van der Waals surface area contributed by atoms with Crippen molar-refractivity contribution in [1.29, 1.82) is 0 Å². The van der Waals surface area contributed by atoms with Gasteiger partial charge in [-0.05, 0) is 30.9 Å². The van der Waals surface area contributed by atoms with Gasteiger partial charge in [-0.1, -0.05) is 32.0 Å². The molecule has 0 aliphatic carbocycles. The topological polar surface area (TPSA) is 216 Å². The van der Waals surface area contributed by atoms with E-state index in [1.54, 1.807) is 32.2 Å². The predicted octanol–water partition coefficient (Wildman–Crippen LogP) is -7.73. The van der Waals surface area contributed by atoms with Crippen molar-refractivity contribution >= 4 is 30.5 Å². The van der Waals surface area contributed by atoms with Crippen LogP contribution in [0.5, 0.6) is 0 Å². The zero-order valence-corrected chi connectivity index (χ0v) is 27.5. The molecular formula is C23H32N3Na2O10P. The number of carboxylic acids is 1. The fourth-order valence-corrected chi connectivity index (χ4v) is 5.25. The van der Waals surface area contributed by atoms with Gasteiger partial charge in [0.25, 0.3) is 0 Å². The summed E-state index contributed by atoms with van der Waals surface area (Å²) in [4.78, 5) is 40.6. The van der Waals surface area contributed by atoms with E-state index >= 15 is 0 Å². The number of benzene rings is 1. The quantitative estimate of drug-likeness (QED) is 0.107. The molecule has 1 aromatic carbocycles. The summed E-state index contributed by atoms with van der Waals surface area (Å²) in [6.45, 7) is 4.81. The molecule has 206 valence electrons. The molecule has 6 N–H and O–H groups in total. The summed E-state index contributed by atoms with van der Waals surface area (Å²) in [6, 6.07) is 4.31. The Balaban J connectivity index is 0.00000380. The molecule has 0 bridgehead atoms. The van der Waals surface area contributed by atoms with Crippen molar-refractivity contribution in [1.82, 2.24) is 15.4 Å². The Hall–Kier alpha value is -0.350. The second kappa shape index (κ2) is 15.8. The summed E-state index contributed by atoms with van der Waals surface area (Å²) in [6.07, 6.45) is -6.47. The van der Waals surface area contributed by atoms with Crippen LogP contribution >= 0.6 is 7.75 Å². The van der Waals surface area contributed by atoms with E-state index in [1.807, 2.05) is 12.1 Å². The monoisotopic (exact) mass is 587 g/mol. The van der Waals surface area contributed by atoms with E-state index in [-0.39, 0.29) is 77.9 Å². The predicted molar refractivity (Wildman–Crippen MR) is 126 cm³/mol. The van der Waals surface area contributed by atoms with E-state index in [0.717, 1.165) is 10.9 Å². The van der Waals surface area contributed by atoms with Crippen molar-refractivity contribution in [3.05, 3.63) is 36.0 Å². The molecule has 1 aliphatic heterocycles. The normalized spacial score (nSPS) is 26.1. The van der Waals surface area contributed by atoms with Gasteiger partial charge in [0.1, 0.15) is 18.3 Å². The fourth-order valence-electron chi connectivity index (χ4n) is 4.13. The first-order chi connectivity index (χ1) is 17.3. The third-order valence-electron chi connectivity index (χ3n) is 6.09. The maximum Gasteiger partial charge on any atom is 1.00 e. The van der Waals surface area contributed by atoms with E-state index < -0.39 is 62.4 Å². The SMILES string of the molecule is CC(C)CC(NP(=O)([O-])OC1OC(C)C(O)C(O)C1O)C(=O)NC(Cc1c[nH]c2ccccc12)C(=O)[O-].[Na+].[Na+]. The van der Waals surface area contributed by atoms with Crippen LogP contribution in [0.2, 0.25) is 0 Å². The zero-order chi connectivity index (χ0) is 27.5. The van der Waals surface area contributed by atoms with Gasteiger partial charge in [-0.3, -0.25) is 13.9 Å². The van der Waals surface area contributed by atoms with Gasteiger partial charge in [0, 0.05) is 23.5 Å². The first-order valence-electron chi connectivity index (χ1n) is 11.8. The number of aliphatic carboxylic acids is 1. The summed E-state index contributed by atoms with van der Waals surface area (Å²) in [5.74, 6) is -2.66. The number of hydrogen-bond donors (Lipinski definition) is 6. The third-order valence-corrected chi connectivity index (χ3v) is 7.20. The van der Waals surface area contributed by atoms with E-state index in [1.165, 1.54) is 6.92 Å². The number of carbonyl (C=O) groups is 2. The Morgan fingerprint density at radius 3 is 2.38 bits per heavy atom. The number of aromatic amines is 1. The van der Waals surface area contributed by atoms with Gasteiger partial charge in [0.05, 0.1) is 24.2 Å². The Morgan fingerprint density at radius 2 is 1.77 bits per heavy atom. The molecule has 2 aromatic rings. The number of fused-ring (bicyclic) bond motifs is 1. The number of para-hydroxylation sites is 1. The van der Waals surface area contributed by atoms with Crippen LogP contribution in [0.1, 0.15) is 32.8 Å². The molecule has 16 heteroatoms. The van der Waals surface area contributed by atoms with Gasteiger partial charge >= 0.3 is 59.1 Å². The number of carboxylic acid groups (broad SMARTS) is 1. The Morgan fingerprint density at radius 1 is 1.13 bits per heavy atom. The molecule has 1 fully saturated rings. The minimum Gasteiger partial charge on any atom is -0.766 e. The Bertz CT molecular complexity index is 1150. The average Bonchev–Trinajstić information content (AvgIpc) is 3.22. The van der Waals surface area contributed by atoms with Crippen molar-refractivity contribution in [3.63, 3.8) is 0 Å².